The number of fused-ring (bicyclic) bond motifs is 2. The van der Waals surface area contributed by atoms with Gasteiger partial charge in [0, 0.05) is 19.5 Å². The van der Waals surface area contributed by atoms with Gasteiger partial charge in [-0.25, -0.2) is 9.97 Å². The second-order valence-corrected chi connectivity index (χ2v) is 8.83. The van der Waals surface area contributed by atoms with E-state index in [0.717, 1.165) is 24.3 Å². The Kier molecular flexibility index (Phi) is 5.12. The number of hydrogen-bond donors (Lipinski definition) is 1. The first kappa shape index (κ1) is 18.3. The fraction of sp³-hybridized carbons (Fsp3) is 0.600. The fourth-order valence-corrected chi connectivity index (χ4v) is 5.53. The van der Waals surface area contributed by atoms with Crippen molar-refractivity contribution >= 4 is 23.1 Å². The number of carbonyl (C=O) groups is 1. The van der Waals surface area contributed by atoms with Gasteiger partial charge in [0.2, 0.25) is 5.51 Å². The lowest BCUT2D eigenvalue weighted by Crippen LogP contribution is -2.35. The molecule has 4 rings (SSSR count). The first-order valence-corrected chi connectivity index (χ1v) is 10.6. The van der Waals surface area contributed by atoms with Gasteiger partial charge in [0.15, 0.2) is 12.2 Å². The van der Waals surface area contributed by atoms with Crippen LogP contribution in [0.1, 0.15) is 47.6 Å². The number of aromatic nitrogens is 3. The van der Waals surface area contributed by atoms with E-state index in [4.69, 9.17) is 10.5 Å². The maximum atomic E-state index is 12.4. The Hall–Kier alpha value is -2.02. The van der Waals surface area contributed by atoms with E-state index in [1.165, 1.54) is 29.8 Å². The van der Waals surface area contributed by atoms with Crippen LogP contribution in [0.3, 0.4) is 0 Å². The number of nitrogen functional groups attached to an aromatic ring is 1. The highest BCUT2D eigenvalue weighted by Crippen LogP contribution is 2.48. The van der Waals surface area contributed by atoms with Crippen LogP contribution in [0.25, 0.3) is 0 Å². The van der Waals surface area contributed by atoms with Gasteiger partial charge in [0.25, 0.3) is 0 Å². The number of anilines is 1. The second-order valence-electron chi connectivity index (χ2n) is 7.89. The number of aryl methyl sites for hydroxylation is 1. The van der Waals surface area contributed by atoms with Crippen molar-refractivity contribution in [3.8, 4) is 0 Å². The van der Waals surface area contributed by atoms with E-state index in [1.807, 2.05) is 6.92 Å². The Labute approximate surface area is 163 Å². The van der Waals surface area contributed by atoms with Crippen molar-refractivity contribution in [2.75, 3.05) is 12.3 Å². The average Bonchev–Trinajstić information content (AvgIpc) is 3.35. The summed E-state index contributed by atoms with van der Waals surface area (Å²) in [5, 5.41) is 0. The van der Waals surface area contributed by atoms with E-state index < -0.39 is 0 Å². The first-order valence-electron chi connectivity index (χ1n) is 9.72. The molecule has 2 bridgehead atoms. The number of hydrogen-bond acceptors (Lipinski definition) is 6. The molecule has 0 amide bonds. The molecule has 2 aliphatic carbocycles. The van der Waals surface area contributed by atoms with Gasteiger partial charge in [0.05, 0.1) is 23.0 Å². The second kappa shape index (κ2) is 7.54. The SMILES string of the molecule is Cc1ncc(C[n+]2csc(CCOC(=O)C3CC4CCC3C4)c2C)c(N)n1. The molecule has 0 saturated heterocycles. The Morgan fingerprint density at radius 3 is 2.93 bits per heavy atom. The summed E-state index contributed by atoms with van der Waals surface area (Å²) in [5.41, 5.74) is 10.2. The van der Waals surface area contributed by atoms with Gasteiger partial charge in [0.1, 0.15) is 11.6 Å². The molecule has 2 N–H and O–H groups in total. The van der Waals surface area contributed by atoms with Crippen molar-refractivity contribution in [3.05, 3.63) is 33.7 Å². The minimum atomic E-state index is 0.0221. The van der Waals surface area contributed by atoms with Crippen LogP contribution in [-0.2, 0) is 22.5 Å². The summed E-state index contributed by atoms with van der Waals surface area (Å²) in [6.45, 7) is 5.04. The zero-order valence-electron chi connectivity index (χ0n) is 16.0. The first-order chi connectivity index (χ1) is 13.0. The molecule has 144 valence electrons. The molecule has 0 radical (unpaired) electrons. The maximum absolute atomic E-state index is 12.4. The Balaban J connectivity index is 1.32. The fourth-order valence-electron chi connectivity index (χ4n) is 4.55. The molecule has 7 heteroatoms. The van der Waals surface area contributed by atoms with Gasteiger partial charge < -0.3 is 10.5 Å². The standard InChI is InChI=1S/C20H27N4O2S/c1-12-18(5-6-26-20(25)17-8-14-3-4-15(17)7-14)27-11-24(12)10-16-9-22-13(2)23-19(16)21/h9,11,14-15,17H,3-8,10H2,1-2H3,(H2,21,22,23)/q+1. The molecule has 2 fully saturated rings. The number of thiazole rings is 1. The summed E-state index contributed by atoms with van der Waals surface area (Å²) < 4.78 is 7.77. The molecule has 2 aromatic rings. The minimum absolute atomic E-state index is 0.0221. The summed E-state index contributed by atoms with van der Waals surface area (Å²) in [4.78, 5) is 22.1. The molecule has 6 nitrogen and oxygen atoms in total. The molecule has 2 saturated carbocycles. The predicted molar refractivity (Wildman–Crippen MR) is 103 cm³/mol. The molecule has 27 heavy (non-hydrogen) atoms. The van der Waals surface area contributed by atoms with Crippen molar-refractivity contribution in [1.29, 1.82) is 0 Å². The van der Waals surface area contributed by atoms with Crippen molar-refractivity contribution in [2.24, 2.45) is 17.8 Å². The van der Waals surface area contributed by atoms with Gasteiger partial charge >= 0.3 is 5.97 Å². The highest BCUT2D eigenvalue weighted by Gasteiger charge is 2.43. The minimum Gasteiger partial charge on any atom is -0.465 e. The third-order valence-electron chi connectivity index (χ3n) is 6.13. The van der Waals surface area contributed by atoms with Crippen molar-refractivity contribution < 1.29 is 14.1 Å². The monoisotopic (exact) mass is 387 g/mol. The number of esters is 1. The summed E-state index contributed by atoms with van der Waals surface area (Å²) >= 11 is 1.69. The van der Waals surface area contributed by atoms with Crippen LogP contribution in [0.2, 0.25) is 0 Å². The molecular weight excluding hydrogens is 360 g/mol. The molecule has 3 unspecified atom stereocenters. The van der Waals surface area contributed by atoms with Crippen molar-refractivity contribution in [3.63, 3.8) is 0 Å². The van der Waals surface area contributed by atoms with Crippen LogP contribution >= 0.6 is 11.3 Å². The Morgan fingerprint density at radius 2 is 2.22 bits per heavy atom. The number of nitrogens with two attached hydrogens (primary N) is 1. The van der Waals surface area contributed by atoms with Crippen LogP contribution < -0.4 is 10.3 Å². The summed E-state index contributed by atoms with van der Waals surface area (Å²) in [6.07, 6.45) is 7.34. The molecule has 2 aromatic heterocycles. The Bertz CT molecular complexity index is 851. The molecular formula is C20H27N4O2S+. The van der Waals surface area contributed by atoms with Gasteiger partial charge in [-0.1, -0.05) is 17.8 Å². The predicted octanol–water partition coefficient (Wildman–Crippen LogP) is 2.59. The van der Waals surface area contributed by atoms with Crippen LogP contribution in [0.4, 0.5) is 5.82 Å². The van der Waals surface area contributed by atoms with E-state index in [2.05, 4.69) is 27.0 Å². The van der Waals surface area contributed by atoms with E-state index >= 15 is 0 Å². The Morgan fingerprint density at radius 1 is 1.37 bits per heavy atom. The molecule has 2 heterocycles. The number of rotatable bonds is 6. The molecule has 0 aromatic carbocycles. The number of ether oxygens (including phenoxy) is 1. The highest BCUT2D eigenvalue weighted by atomic mass is 32.1. The van der Waals surface area contributed by atoms with Crippen molar-refractivity contribution in [2.45, 2.75) is 52.5 Å². The van der Waals surface area contributed by atoms with Gasteiger partial charge in [-0.15, -0.1) is 0 Å². The molecule has 2 aliphatic rings. The zero-order chi connectivity index (χ0) is 19.0. The van der Waals surface area contributed by atoms with E-state index in [1.54, 1.807) is 17.5 Å². The van der Waals surface area contributed by atoms with E-state index in [0.29, 0.717) is 30.7 Å². The normalized spacial score (nSPS) is 23.7. The maximum Gasteiger partial charge on any atom is 0.309 e. The lowest BCUT2D eigenvalue weighted by Gasteiger charge is -2.19. The molecule has 0 aliphatic heterocycles. The lowest BCUT2D eigenvalue weighted by molar-refractivity contribution is -0.689. The highest BCUT2D eigenvalue weighted by molar-refractivity contribution is 7.09. The van der Waals surface area contributed by atoms with Crippen LogP contribution in [-0.4, -0.2) is 22.5 Å². The summed E-state index contributed by atoms with van der Waals surface area (Å²) in [6, 6.07) is 0. The summed E-state index contributed by atoms with van der Waals surface area (Å²) in [5.74, 6) is 2.74. The van der Waals surface area contributed by atoms with Crippen LogP contribution in [0, 0.1) is 31.6 Å². The average molecular weight is 388 g/mol. The largest absolute Gasteiger partial charge is 0.465 e. The van der Waals surface area contributed by atoms with Crippen molar-refractivity contribution in [1.82, 2.24) is 9.97 Å². The lowest BCUT2D eigenvalue weighted by atomic mass is 9.89. The zero-order valence-corrected chi connectivity index (χ0v) is 16.8. The van der Waals surface area contributed by atoms with Crippen LogP contribution in [0.5, 0.6) is 0 Å². The van der Waals surface area contributed by atoms with Gasteiger partial charge in [-0.05, 0) is 38.0 Å². The van der Waals surface area contributed by atoms with E-state index in [9.17, 15) is 4.79 Å². The number of nitrogens with zero attached hydrogens (tertiary/aromatic N) is 3. The molecule has 0 spiro atoms. The summed E-state index contributed by atoms with van der Waals surface area (Å²) in [7, 11) is 0. The third kappa shape index (κ3) is 3.83. The quantitative estimate of drug-likeness (QED) is 0.609. The van der Waals surface area contributed by atoms with Gasteiger partial charge in [-0.2, -0.15) is 4.57 Å². The number of carbonyl (C=O) groups excluding carboxylic acids is 1. The third-order valence-corrected chi connectivity index (χ3v) is 7.27. The smallest absolute Gasteiger partial charge is 0.309 e. The topological polar surface area (TPSA) is 82.0 Å². The van der Waals surface area contributed by atoms with E-state index in [-0.39, 0.29) is 11.9 Å². The van der Waals surface area contributed by atoms with Crippen LogP contribution in [0.15, 0.2) is 11.7 Å². The molecule has 3 atom stereocenters. The van der Waals surface area contributed by atoms with Gasteiger partial charge in [-0.3, -0.25) is 4.79 Å².